The minimum absolute atomic E-state index is 0.157. The number of nitrogens with one attached hydrogen (secondary N) is 1. The summed E-state index contributed by atoms with van der Waals surface area (Å²) in [5, 5.41) is 2.81. The van der Waals surface area contributed by atoms with E-state index in [0.29, 0.717) is 17.8 Å². The number of nitrogen functional groups attached to an aromatic ring is 1. The van der Waals surface area contributed by atoms with Crippen molar-refractivity contribution in [2.45, 2.75) is 6.54 Å². The van der Waals surface area contributed by atoms with E-state index in [1.165, 1.54) is 0 Å². The van der Waals surface area contributed by atoms with Gasteiger partial charge in [0.2, 0.25) is 0 Å². The zero-order chi connectivity index (χ0) is 13.0. The molecule has 2 rings (SSSR count). The second-order valence-corrected chi connectivity index (χ2v) is 3.98. The van der Waals surface area contributed by atoms with Crippen LogP contribution in [0.5, 0.6) is 0 Å². The first-order chi connectivity index (χ1) is 8.69. The maximum absolute atomic E-state index is 11.9. The lowest BCUT2D eigenvalue weighted by Crippen LogP contribution is -2.11. The number of benzene rings is 2. The first-order valence-corrected chi connectivity index (χ1v) is 5.65. The lowest BCUT2D eigenvalue weighted by atomic mass is 10.1. The van der Waals surface area contributed by atoms with Gasteiger partial charge >= 0.3 is 0 Å². The van der Waals surface area contributed by atoms with Crippen LogP contribution in [0.25, 0.3) is 0 Å². The molecule has 2 aromatic carbocycles. The van der Waals surface area contributed by atoms with Crippen molar-refractivity contribution in [3.8, 4) is 0 Å². The summed E-state index contributed by atoms with van der Waals surface area (Å²) in [6.45, 7) is 0.492. The van der Waals surface area contributed by atoms with Crippen molar-refractivity contribution in [2.75, 3.05) is 11.1 Å². The van der Waals surface area contributed by atoms with E-state index in [-0.39, 0.29) is 5.91 Å². The van der Waals surface area contributed by atoms with Crippen molar-refractivity contribution in [1.29, 1.82) is 0 Å². The van der Waals surface area contributed by atoms with Crippen LogP contribution in [0.4, 0.5) is 11.4 Å². The average Bonchev–Trinajstić information content (AvgIpc) is 2.40. The maximum atomic E-state index is 11.9. The molecule has 0 aliphatic carbocycles. The highest BCUT2D eigenvalue weighted by atomic mass is 16.1. The summed E-state index contributed by atoms with van der Waals surface area (Å²) in [6, 6.07) is 14.2. The Bertz CT molecular complexity index is 532. The highest BCUT2D eigenvalue weighted by Gasteiger charge is 2.05. The maximum Gasteiger partial charge on any atom is 0.255 e. The Kier molecular flexibility index (Phi) is 3.60. The third-order valence-corrected chi connectivity index (χ3v) is 2.62. The Morgan fingerprint density at radius 3 is 2.17 bits per heavy atom. The Labute approximate surface area is 106 Å². The van der Waals surface area contributed by atoms with Gasteiger partial charge in [-0.2, -0.15) is 0 Å². The van der Waals surface area contributed by atoms with Crippen LogP contribution in [0, 0.1) is 0 Å². The lowest BCUT2D eigenvalue weighted by Gasteiger charge is -2.06. The summed E-state index contributed by atoms with van der Waals surface area (Å²) in [5.74, 6) is -0.157. The van der Waals surface area contributed by atoms with Crippen molar-refractivity contribution >= 4 is 17.3 Å². The number of carbonyl (C=O) groups excluding carboxylic acids is 1. The zero-order valence-electron chi connectivity index (χ0n) is 9.89. The van der Waals surface area contributed by atoms with Crippen LogP contribution in [-0.2, 0) is 6.54 Å². The predicted molar refractivity (Wildman–Crippen MR) is 73.1 cm³/mol. The zero-order valence-corrected chi connectivity index (χ0v) is 9.89. The van der Waals surface area contributed by atoms with Crippen LogP contribution in [0.3, 0.4) is 0 Å². The van der Waals surface area contributed by atoms with Gasteiger partial charge in [0, 0.05) is 23.5 Å². The molecule has 0 unspecified atom stereocenters. The Balaban J connectivity index is 2.08. The minimum Gasteiger partial charge on any atom is -0.399 e. The summed E-state index contributed by atoms with van der Waals surface area (Å²) in [4.78, 5) is 11.9. The van der Waals surface area contributed by atoms with Gasteiger partial charge in [-0.15, -0.1) is 0 Å². The average molecular weight is 241 g/mol. The quantitative estimate of drug-likeness (QED) is 0.719. The van der Waals surface area contributed by atoms with Crippen molar-refractivity contribution < 1.29 is 4.79 Å². The number of hydrogen-bond donors (Lipinski definition) is 3. The van der Waals surface area contributed by atoms with Crippen LogP contribution in [0.1, 0.15) is 15.9 Å². The van der Waals surface area contributed by atoms with E-state index in [1.807, 2.05) is 24.3 Å². The Hall–Kier alpha value is -2.33. The second-order valence-electron chi connectivity index (χ2n) is 3.98. The van der Waals surface area contributed by atoms with E-state index in [1.54, 1.807) is 24.3 Å². The summed E-state index contributed by atoms with van der Waals surface area (Å²) in [5.41, 5.74) is 14.1. The molecule has 2 aromatic rings. The van der Waals surface area contributed by atoms with E-state index in [0.717, 1.165) is 11.3 Å². The summed E-state index contributed by atoms with van der Waals surface area (Å²) in [6.07, 6.45) is 0. The third kappa shape index (κ3) is 2.87. The standard InChI is InChI=1S/C14H15N3O/c15-9-10-1-7-13(8-2-10)17-14(18)11-3-5-12(16)6-4-11/h1-8H,9,15-16H2,(H,17,18). The second kappa shape index (κ2) is 5.33. The highest BCUT2D eigenvalue weighted by molar-refractivity contribution is 6.04. The molecule has 0 radical (unpaired) electrons. The predicted octanol–water partition coefficient (Wildman–Crippen LogP) is 1.98. The number of anilines is 2. The van der Waals surface area contributed by atoms with Crippen molar-refractivity contribution in [3.63, 3.8) is 0 Å². The summed E-state index contributed by atoms with van der Waals surface area (Å²) < 4.78 is 0. The van der Waals surface area contributed by atoms with Crippen molar-refractivity contribution in [3.05, 3.63) is 59.7 Å². The van der Waals surface area contributed by atoms with E-state index >= 15 is 0 Å². The SMILES string of the molecule is NCc1ccc(NC(=O)c2ccc(N)cc2)cc1. The van der Waals surface area contributed by atoms with E-state index in [4.69, 9.17) is 11.5 Å². The van der Waals surface area contributed by atoms with E-state index in [2.05, 4.69) is 5.32 Å². The van der Waals surface area contributed by atoms with Gasteiger partial charge in [0.25, 0.3) is 5.91 Å². The normalized spacial score (nSPS) is 10.1. The summed E-state index contributed by atoms with van der Waals surface area (Å²) in [7, 11) is 0. The van der Waals surface area contributed by atoms with E-state index < -0.39 is 0 Å². The van der Waals surface area contributed by atoms with Gasteiger partial charge in [-0.1, -0.05) is 12.1 Å². The molecule has 0 aromatic heterocycles. The topological polar surface area (TPSA) is 81.1 Å². The van der Waals surface area contributed by atoms with Gasteiger partial charge in [0.15, 0.2) is 0 Å². The molecule has 0 aliphatic heterocycles. The van der Waals surface area contributed by atoms with Crippen LogP contribution in [0.2, 0.25) is 0 Å². The summed E-state index contributed by atoms with van der Waals surface area (Å²) >= 11 is 0. The fourth-order valence-electron chi connectivity index (χ4n) is 1.56. The molecule has 4 heteroatoms. The molecule has 4 nitrogen and oxygen atoms in total. The molecular weight excluding hydrogens is 226 g/mol. The number of hydrogen-bond acceptors (Lipinski definition) is 3. The fourth-order valence-corrected chi connectivity index (χ4v) is 1.56. The first kappa shape index (κ1) is 12.1. The van der Waals surface area contributed by atoms with Gasteiger partial charge in [-0.3, -0.25) is 4.79 Å². The number of rotatable bonds is 3. The van der Waals surface area contributed by atoms with Gasteiger partial charge in [-0.25, -0.2) is 0 Å². The van der Waals surface area contributed by atoms with E-state index in [9.17, 15) is 4.79 Å². The molecule has 0 saturated carbocycles. The van der Waals surface area contributed by atoms with Crippen LogP contribution >= 0.6 is 0 Å². The molecule has 1 amide bonds. The fraction of sp³-hybridized carbons (Fsp3) is 0.0714. The first-order valence-electron chi connectivity index (χ1n) is 5.65. The molecule has 0 spiro atoms. The molecule has 0 atom stereocenters. The molecule has 0 saturated heterocycles. The molecule has 0 bridgehead atoms. The smallest absolute Gasteiger partial charge is 0.255 e. The molecule has 5 N–H and O–H groups in total. The van der Waals surface area contributed by atoms with Crippen molar-refractivity contribution in [2.24, 2.45) is 5.73 Å². The third-order valence-electron chi connectivity index (χ3n) is 2.62. The molecule has 0 heterocycles. The number of carbonyl (C=O) groups is 1. The molecular formula is C14H15N3O. The Morgan fingerprint density at radius 2 is 1.61 bits per heavy atom. The lowest BCUT2D eigenvalue weighted by molar-refractivity contribution is 0.102. The molecule has 92 valence electrons. The molecule has 18 heavy (non-hydrogen) atoms. The van der Waals surface area contributed by atoms with Crippen molar-refractivity contribution in [1.82, 2.24) is 0 Å². The number of nitrogens with two attached hydrogens (primary N) is 2. The Morgan fingerprint density at radius 1 is 1.00 bits per heavy atom. The van der Waals surface area contributed by atoms with Crippen LogP contribution in [-0.4, -0.2) is 5.91 Å². The van der Waals surface area contributed by atoms with Gasteiger partial charge < -0.3 is 16.8 Å². The molecule has 0 fully saturated rings. The largest absolute Gasteiger partial charge is 0.399 e. The van der Waals surface area contributed by atoms with Gasteiger partial charge in [0.1, 0.15) is 0 Å². The van der Waals surface area contributed by atoms with Gasteiger partial charge in [0.05, 0.1) is 0 Å². The highest BCUT2D eigenvalue weighted by Crippen LogP contribution is 2.12. The minimum atomic E-state index is -0.157. The van der Waals surface area contributed by atoms with Crippen LogP contribution < -0.4 is 16.8 Å². The van der Waals surface area contributed by atoms with Gasteiger partial charge in [-0.05, 0) is 42.0 Å². The monoisotopic (exact) mass is 241 g/mol. The molecule has 0 aliphatic rings. The number of amides is 1. The van der Waals surface area contributed by atoms with Crippen LogP contribution in [0.15, 0.2) is 48.5 Å².